The van der Waals surface area contributed by atoms with Crippen LogP contribution in [0, 0.1) is 0 Å². The number of hydrogen-bond donors (Lipinski definition) is 2. The van der Waals surface area contributed by atoms with Crippen LogP contribution in [-0.2, 0) is 16.1 Å². The van der Waals surface area contributed by atoms with Crippen molar-refractivity contribution in [1.82, 2.24) is 19.9 Å². The molecule has 0 saturated carbocycles. The quantitative estimate of drug-likeness (QED) is 0.548. The molecule has 0 unspecified atom stereocenters. The number of fused-ring (bicyclic) bond motifs is 1. The van der Waals surface area contributed by atoms with Crippen molar-refractivity contribution in [1.29, 1.82) is 0 Å². The van der Waals surface area contributed by atoms with Crippen molar-refractivity contribution < 1.29 is 66.1 Å². The summed E-state index contributed by atoms with van der Waals surface area (Å²) in [5.41, 5.74) is 1.92. The van der Waals surface area contributed by atoms with E-state index in [0.29, 0.717) is 22.0 Å². The molecular weight excluding hydrogens is 371 g/mol. The number of rotatable bonds is 5. The Morgan fingerprint density at radius 3 is 2.76 bits per heavy atom. The fourth-order valence-corrected chi connectivity index (χ4v) is 2.52. The maximum Gasteiger partial charge on any atom is 1.00 e. The van der Waals surface area contributed by atoms with Crippen molar-refractivity contribution in [3.63, 3.8) is 0 Å². The van der Waals surface area contributed by atoms with Crippen LogP contribution in [0.3, 0.4) is 0 Å². The van der Waals surface area contributed by atoms with Gasteiger partial charge in [-0.3, -0.25) is 14.2 Å². The van der Waals surface area contributed by atoms with E-state index in [1.807, 2.05) is 6.07 Å². The van der Waals surface area contributed by atoms with Gasteiger partial charge in [0.2, 0.25) is 5.91 Å². The van der Waals surface area contributed by atoms with Crippen molar-refractivity contribution in [2.45, 2.75) is 6.54 Å². The summed E-state index contributed by atoms with van der Waals surface area (Å²) in [6, 6.07) is 10.7. The second-order valence-corrected chi connectivity index (χ2v) is 5.48. The van der Waals surface area contributed by atoms with Crippen LogP contribution in [0.5, 0.6) is 0 Å². The zero-order valence-electron chi connectivity index (χ0n) is 13.4. The van der Waals surface area contributed by atoms with Gasteiger partial charge in [-0.25, -0.2) is 9.97 Å². The smallest absolute Gasteiger partial charge is 0.480 e. The van der Waals surface area contributed by atoms with Gasteiger partial charge in [0.15, 0.2) is 5.65 Å². The number of hydrogen-bond acceptors (Lipinski definition) is 4. The molecule has 1 amide bonds. The number of carbonyl (C=O) groups is 2. The summed E-state index contributed by atoms with van der Waals surface area (Å²) < 4.78 is 1.64. The molecule has 0 fully saturated rings. The maximum atomic E-state index is 12.0. The molecular formula is C16H13ClKN4O3+. The zero-order chi connectivity index (χ0) is 17.1. The third-order valence-electron chi connectivity index (χ3n) is 3.33. The molecule has 9 heteroatoms. The van der Waals surface area contributed by atoms with E-state index in [0.717, 1.165) is 5.56 Å². The van der Waals surface area contributed by atoms with Gasteiger partial charge in [-0.05, 0) is 24.3 Å². The van der Waals surface area contributed by atoms with Crippen molar-refractivity contribution >= 4 is 34.6 Å². The van der Waals surface area contributed by atoms with E-state index in [-0.39, 0.29) is 57.9 Å². The van der Waals surface area contributed by atoms with Gasteiger partial charge in [0, 0.05) is 16.8 Å². The number of aromatic nitrogens is 3. The molecule has 122 valence electrons. The first-order chi connectivity index (χ1) is 11.5. The Labute approximate surface area is 190 Å². The zero-order valence-corrected chi connectivity index (χ0v) is 17.3. The molecule has 0 aliphatic heterocycles. The summed E-state index contributed by atoms with van der Waals surface area (Å²) in [6.45, 7) is -0.534. The summed E-state index contributed by atoms with van der Waals surface area (Å²) in [4.78, 5) is 31.4. The first-order valence-corrected chi connectivity index (χ1v) is 7.48. The minimum Gasteiger partial charge on any atom is -0.480 e. The fourth-order valence-electron chi connectivity index (χ4n) is 2.33. The third kappa shape index (κ3) is 4.87. The van der Waals surface area contributed by atoms with E-state index < -0.39 is 18.4 Å². The van der Waals surface area contributed by atoms with Gasteiger partial charge in [0.1, 0.15) is 24.4 Å². The number of halogens is 1. The van der Waals surface area contributed by atoms with Gasteiger partial charge in [0.05, 0.1) is 0 Å². The van der Waals surface area contributed by atoms with Crippen molar-refractivity contribution in [3.8, 4) is 11.4 Å². The van der Waals surface area contributed by atoms with Gasteiger partial charge in [-0.1, -0.05) is 23.7 Å². The molecule has 2 heterocycles. The van der Waals surface area contributed by atoms with E-state index in [2.05, 4.69) is 15.3 Å². The fraction of sp³-hybridized carbons (Fsp3) is 0.125. The van der Waals surface area contributed by atoms with Gasteiger partial charge in [-0.15, -0.1) is 0 Å². The van der Waals surface area contributed by atoms with Crippen molar-refractivity contribution in [3.05, 3.63) is 47.6 Å². The first kappa shape index (κ1) is 20.0. The molecule has 7 nitrogen and oxygen atoms in total. The molecule has 0 radical (unpaired) electrons. The summed E-state index contributed by atoms with van der Waals surface area (Å²) in [6.07, 6.45) is 1.61. The van der Waals surface area contributed by atoms with Crippen LogP contribution in [0.1, 0.15) is 0 Å². The number of nitrogens with zero attached hydrogens (tertiary/aromatic N) is 3. The number of amides is 1. The number of nitrogens with one attached hydrogen (secondary N) is 1. The SMILES string of the molecule is O=C(O)CNC(=O)Cn1c(-c2cccc(Cl)c2)nc2cccnc21.[K+]. The van der Waals surface area contributed by atoms with Crippen LogP contribution in [0.15, 0.2) is 42.6 Å². The van der Waals surface area contributed by atoms with Crippen LogP contribution in [-0.4, -0.2) is 38.1 Å². The largest absolute Gasteiger partial charge is 1.00 e. The molecule has 0 saturated heterocycles. The summed E-state index contributed by atoms with van der Waals surface area (Å²) in [5, 5.41) is 11.5. The molecule has 0 aliphatic rings. The van der Waals surface area contributed by atoms with Gasteiger partial charge < -0.3 is 10.4 Å². The standard InChI is InChI=1S/C16H13ClN4O3.K/c17-11-4-1-3-10(7-11)15-20-12-5-2-6-18-16(12)21(15)9-13(22)19-8-14(23)24;/h1-7H,8-9H2,(H,19,22)(H,23,24);/q;+1. The predicted molar refractivity (Wildman–Crippen MR) is 88.6 cm³/mol. The van der Waals surface area contributed by atoms with Crippen LogP contribution >= 0.6 is 11.6 Å². The first-order valence-electron chi connectivity index (χ1n) is 7.10. The topological polar surface area (TPSA) is 97.1 Å². The second-order valence-electron chi connectivity index (χ2n) is 5.05. The Morgan fingerprint density at radius 2 is 2.04 bits per heavy atom. The van der Waals surface area contributed by atoms with Crippen LogP contribution in [0.25, 0.3) is 22.6 Å². The Morgan fingerprint density at radius 1 is 1.24 bits per heavy atom. The maximum absolute atomic E-state index is 12.0. The Bertz CT molecular complexity index is 929. The van der Waals surface area contributed by atoms with Crippen LogP contribution < -0.4 is 56.7 Å². The number of pyridine rings is 1. The number of aliphatic carboxylic acids is 1. The third-order valence-corrected chi connectivity index (χ3v) is 3.56. The predicted octanol–water partition coefficient (Wildman–Crippen LogP) is -1.04. The Kier molecular flexibility index (Phi) is 7.11. The van der Waals surface area contributed by atoms with Gasteiger partial charge >= 0.3 is 57.4 Å². The number of carbonyl (C=O) groups excluding carboxylic acids is 1. The molecule has 0 bridgehead atoms. The number of imidazole rings is 1. The van der Waals surface area contributed by atoms with Crippen LogP contribution in [0.2, 0.25) is 5.02 Å². The van der Waals surface area contributed by atoms with Gasteiger partial charge in [-0.2, -0.15) is 0 Å². The average molecular weight is 384 g/mol. The number of carboxylic acids is 1. The minimum absolute atomic E-state index is 0. The minimum atomic E-state index is -1.10. The number of benzene rings is 1. The second kappa shape index (κ2) is 8.88. The summed E-state index contributed by atoms with van der Waals surface area (Å²) >= 11 is 6.04. The average Bonchev–Trinajstić information content (AvgIpc) is 2.92. The van der Waals surface area contributed by atoms with E-state index >= 15 is 0 Å². The van der Waals surface area contributed by atoms with E-state index in [9.17, 15) is 9.59 Å². The van der Waals surface area contributed by atoms with Crippen molar-refractivity contribution in [2.75, 3.05) is 6.54 Å². The number of carboxylic acid groups (broad SMARTS) is 1. The summed E-state index contributed by atoms with van der Waals surface area (Å²) in [5.74, 6) is -1.01. The van der Waals surface area contributed by atoms with E-state index in [4.69, 9.17) is 16.7 Å². The molecule has 25 heavy (non-hydrogen) atoms. The van der Waals surface area contributed by atoms with E-state index in [1.165, 1.54) is 0 Å². The molecule has 3 aromatic rings. The summed E-state index contributed by atoms with van der Waals surface area (Å²) in [7, 11) is 0. The molecule has 0 atom stereocenters. The van der Waals surface area contributed by atoms with Crippen LogP contribution in [0.4, 0.5) is 0 Å². The monoisotopic (exact) mass is 383 g/mol. The molecule has 0 aliphatic carbocycles. The molecule has 1 aromatic carbocycles. The molecule has 2 N–H and O–H groups in total. The van der Waals surface area contributed by atoms with E-state index in [1.54, 1.807) is 41.1 Å². The Hall–Kier alpha value is -1.29. The molecule has 0 spiro atoms. The van der Waals surface area contributed by atoms with Gasteiger partial charge in [0.25, 0.3) is 0 Å². The molecule has 3 rings (SSSR count). The normalized spacial score (nSPS) is 10.3. The Balaban J connectivity index is 0.00000225. The molecule has 2 aromatic heterocycles. The van der Waals surface area contributed by atoms with Crippen molar-refractivity contribution in [2.24, 2.45) is 0 Å².